The standard InChI is InChI=1S/C9H16N2/c1-3-7-11-8-9(4-2)5-6-10/h4,7-8H,2-3,5-6,10H2,1H3/b9-8+,11-7-. The fourth-order valence-electron chi connectivity index (χ4n) is 0.640. The van der Waals surface area contributed by atoms with Gasteiger partial charge in [-0.2, -0.15) is 0 Å². The molecule has 0 radical (unpaired) electrons. The fraction of sp³-hybridized carbons (Fsp3) is 0.444. The largest absolute Gasteiger partial charge is 0.330 e. The van der Waals surface area contributed by atoms with E-state index in [1.54, 1.807) is 6.08 Å². The molecule has 0 aliphatic carbocycles. The first-order valence-electron chi connectivity index (χ1n) is 3.88. The van der Waals surface area contributed by atoms with Crippen molar-refractivity contribution < 1.29 is 0 Å². The van der Waals surface area contributed by atoms with Crippen molar-refractivity contribution in [3.05, 3.63) is 24.4 Å². The molecule has 0 rings (SSSR count). The average molecular weight is 152 g/mol. The van der Waals surface area contributed by atoms with Gasteiger partial charge in [-0.15, -0.1) is 0 Å². The maximum absolute atomic E-state index is 5.37. The van der Waals surface area contributed by atoms with Crippen LogP contribution in [-0.2, 0) is 0 Å². The normalized spacial score (nSPS) is 12.4. The number of hydrogen-bond donors (Lipinski definition) is 1. The van der Waals surface area contributed by atoms with E-state index in [0.29, 0.717) is 6.54 Å². The third-order valence-electron chi connectivity index (χ3n) is 1.22. The number of nitrogens with two attached hydrogens (primary N) is 1. The maximum atomic E-state index is 5.37. The van der Waals surface area contributed by atoms with Crippen LogP contribution in [0.5, 0.6) is 0 Å². The molecule has 11 heavy (non-hydrogen) atoms. The lowest BCUT2D eigenvalue weighted by Gasteiger charge is -1.94. The van der Waals surface area contributed by atoms with Gasteiger partial charge in [0.05, 0.1) is 0 Å². The van der Waals surface area contributed by atoms with E-state index in [1.807, 2.05) is 19.3 Å². The fourth-order valence-corrected chi connectivity index (χ4v) is 0.640. The van der Waals surface area contributed by atoms with Gasteiger partial charge in [0.1, 0.15) is 0 Å². The van der Waals surface area contributed by atoms with E-state index < -0.39 is 0 Å². The summed E-state index contributed by atoms with van der Waals surface area (Å²) in [5, 5.41) is 0. The maximum Gasteiger partial charge on any atom is 0.0296 e. The first-order valence-corrected chi connectivity index (χ1v) is 3.88. The Bertz CT molecular complexity index is 157. The van der Waals surface area contributed by atoms with Crippen LogP contribution >= 0.6 is 0 Å². The van der Waals surface area contributed by atoms with E-state index in [1.165, 1.54) is 0 Å². The lowest BCUT2D eigenvalue weighted by Crippen LogP contribution is -1.98. The molecule has 0 saturated heterocycles. The summed E-state index contributed by atoms with van der Waals surface area (Å²) in [5.41, 5.74) is 6.46. The minimum atomic E-state index is 0.652. The Hall–Kier alpha value is -0.890. The molecule has 0 unspecified atom stereocenters. The Morgan fingerprint density at radius 1 is 1.64 bits per heavy atom. The molecule has 62 valence electrons. The minimum absolute atomic E-state index is 0.652. The Labute approximate surface area is 68.5 Å². The second kappa shape index (κ2) is 7.22. The zero-order chi connectivity index (χ0) is 8.53. The van der Waals surface area contributed by atoms with Crippen LogP contribution < -0.4 is 5.73 Å². The van der Waals surface area contributed by atoms with Gasteiger partial charge < -0.3 is 5.73 Å². The van der Waals surface area contributed by atoms with Crippen LogP contribution in [-0.4, -0.2) is 12.8 Å². The zero-order valence-electron chi connectivity index (χ0n) is 7.09. The van der Waals surface area contributed by atoms with Crippen molar-refractivity contribution in [3.63, 3.8) is 0 Å². The topological polar surface area (TPSA) is 38.4 Å². The van der Waals surface area contributed by atoms with Gasteiger partial charge in [0.25, 0.3) is 0 Å². The third kappa shape index (κ3) is 5.55. The molecule has 2 heteroatoms. The molecule has 0 aromatic carbocycles. The third-order valence-corrected chi connectivity index (χ3v) is 1.22. The Morgan fingerprint density at radius 2 is 2.36 bits per heavy atom. The van der Waals surface area contributed by atoms with Crippen molar-refractivity contribution in [1.82, 2.24) is 0 Å². The summed E-state index contributed by atoms with van der Waals surface area (Å²) in [6.45, 7) is 6.36. The molecule has 0 saturated carbocycles. The van der Waals surface area contributed by atoms with Gasteiger partial charge in [0, 0.05) is 12.4 Å². The van der Waals surface area contributed by atoms with Crippen molar-refractivity contribution in [2.45, 2.75) is 19.8 Å². The minimum Gasteiger partial charge on any atom is -0.330 e. The SMILES string of the molecule is C=C/C(=C\N=C/CC)CCN. The first-order chi connectivity index (χ1) is 5.35. The van der Waals surface area contributed by atoms with Crippen molar-refractivity contribution in [1.29, 1.82) is 0 Å². The summed E-state index contributed by atoms with van der Waals surface area (Å²) in [7, 11) is 0. The second-order valence-electron chi connectivity index (χ2n) is 2.19. The highest BCUT2D eigenvalue weighted by atomic mass is 14.7. The van der Waals surface area contributed by atoms with Crippen molar-refractivity contribution >= 4 is 6.21 Å². The van der Waals surface area contributed by atoms with E-state index in [0.717, 1.165) is 18.4 Å². The Balaban J connectivity index is 3.89. The zero-order valence-corrected chi connectivity index (χ0v) is 7.09. The number of nitrogens with zero attached hydrogens (tertiary/aromatic N) is 1. The quantitative estimate of drug-likeness (QED) is 0.474. The molecule has 0 bridgehead atoms. The molecule has 0 aliphatic heterocycles. The number of allylic oxidation sites excluding steroid dienone is 1. The molecule has 0 amide bonds. The van der Waals surface area contributed by atoms with Crippen LogP contribution in [0.3, 0.4) is 0 Å². The van der Waals surface area contributed by atoms with Crippen LogP contribution in [0.4, 0.5) is 0 Å². The Morgan fingerprint density at radius 3 is 2.82 bits per heavy atom. The molecule has 0 heterocycles. The molecule has 2 nitrogen and oxygen atoms in total. The molecule has 0 spiro atoms. The predicted molar refractivity (Wildman–Crippen MR) is 50.7 cm³/mol. The summed E-state index contributed by atoms with van der Waals surface area (Å²) in [6.07, 6.45) is 7.28. The molecule has 0 aromatic heterocycles. The number of aliphatic imine (C=N–C) groups is 1. The highest BCUT2D eigenvalue weighted by Crippen LogP contribution is 2.00. The molecule has 0 atom stereocenters. The van der Waals surface area contributed by atoms with Crippen LogP contribution in [0.1, 0.15) is 19.8 Å². The molecule has 2 N–H and O–H groups in total. The number of hydrogen-bond acceptors (Lipinski definition) is 2. The van der Waals surface area contributed by atoms with Gasteiger partial charge in [-0.05, 0) is 25.0 Å². The lowest BCUT2D eigenvalue weighted by molar-refractivity contribution is 0.970. The summed E-state index contributed by atoms with van der Waals surface area (Å²) in [5.74, 6) is 0. The first kappa shape index (κ1) is 10.1. The van der Waals surface area contributed by atoms with E-state index in [4.69, 9.17) is 5.73 Å². The van der Waals surface area contributed by atoms with E-state index in [-0.39, 0.29) is 0 Å². The van der Waals surface area contributed by atoms with Crippen LogP contribution in [0.2, 0.25) is 0 Å². The van der Waals surface area contributed by atoms with Gasteiger partial charge in [0.2, 0.25) is 0 Å². The summed E-state index contributed by atoms with van der Waals surface area (Å²) in [4.78, 5) is 4.07. The summed E-state index contributed by atoms with van der Waals surface area (Å²) >= 11 is 0. The van der Waals surface area contributed by atoms with Crippen LogP contribution in [0, 0.1) is 0 Å². The van der Waals surface area contributed by atoms with Gasteiger partial charge in [0.15, 0.2) is 0 Å². The molecule has 0 aliphatic rings. The van der Waals surface area contributed by atoms with E-state index in [9.17, 15) is 0 Å². The average Bonchev–Trinajstić information content (AvgIpc) is 2.03. The Kier molecular flexibility index (Phi) is 6.64. The molecule has 0 aromatic rings. The van der Waals surface area contributed by atoms with Gasteiger partial charge >= 0.3 is 0 Å². The van der Waals surface area contributed by atoms with Crippen LogP contribution in [0.15, 0.2) is 29.4 Å². The van der Waals surface area contributed by atoms with Gasteiger partial charge in [-0.1, -0.05) is 19.6 Å². The number of rotatable bonds is 5. The van der Waals surface area contributed by atoms with E-state index in [2.05, 4.69) is 11.6 Å². The van der Waals surface area contributed by atoms with Gasteiger partial charge in [-0.3, -0.25) is 4.99 Å². The smallest absolute Gasteiger partial charge is 0.0296 e. The van der Waals surface area contributed by atoms with Gasteiger partial charge in [-0.25, -0.2) is 0 Å². The van der Waals surface area contributed by atoms with Crippen molar-refractivity contribution in [2.24, 2.45) is 10.7 Å². The van der Waals surface area contributed by atoms with Crippen molar-refractivity contribution in [3.8, 4) is 0 Å². The highest BCUT2D eigenvalue weighted by Gasteiger charge is 1.86. The second-order valence-corrected chi connectivity index (χ2v) is 2.19. The van der Waals surface area contributed by atoms with Crippen LogP contribution in [0.25, 0.3) is 0 Å². The molecule has 0 fully saturated rings. The lowest BCUT2D eigenvalue weighted by atomic mass is 10.2. The molecular weight excluding hydrogens is 136 g/mol. The van der Waals surface area contributed by atoms with Crippen molar-refractivity contribution in [2.75, 3.05) is 6.54 Å². The monoisotopic (exact) mass is 152 g/mol. The predicted octanol–water partition coefficient (Wildman–Crippen LogP) is 1.89. The summed E-state index contributed by atoms with van der Waals surface area (Å²) in [6, 6.07) is 0. The molecular formula is C9H16N2. The summed E-state index contributed by atoms with van der Waals surface area (Å²) < 4.78 is 0. The van der Waals surface area contributed by atoms with E-state index >= 15 is 0 Å². The highest BCUT2D eigenvalue weighted by molar-refractivity contribution is 5.57.